The maximum atomic E-state index is 14.4. The molecule has 0 aliphatic carbocycles. The monoisotopic (exact) mass is 522 g/mol. The van der Waals surface area contributed by atoms with Crippen molar-refractivity contribution in [2.75, 3.05) is 18.5 Å². The molecule has 3 rings (SSSR count). The van der Waals surface area contributed by atoms with Crippen LogP contribution in [-0.4, -0.2) is 31.0 Å². The molecule has 1 amide bonds. The zero-order chi connectivity index (χ0) is 21.2. The van der Waals surface area contributed by atoms with Gasteiger partial charge in [-0.25, -0.2) is 18.7 Å². The molecule has 0 bridgehead atoms. The molecule has 0 aromatic heterocycles. The molecule has 1 atom stereocenters. The number of rotatable bonds is 6. The molecule has 156 valence electrons. The predicted octanol–water partition coefficient (Wildman–Crippen LogP) is 4.27. The molecule has 0 spiro atoms. The van der Waals surface area contributed by atoms with E-state index in [4.69, 9.17) is 14.3 Å². The molecule has 2 aromatic carbocycles. The van der Waals surface area contributed by atoms with Crippen LogP contribution in [0.1, 0.15) is 24.2 Å². The topological polar surface area (TPSA) is 68.8 Å². The second kappa shape index (κ2) is 8.86. The first-order valence-electron chi connectivity index (χ1n) is 8.60. The van der Waals surface area contributed by atoms with Gasteiger partial charge in [0.15, 0.2) is 17.4 Å². The van der Waals surface area contributed by atoms with Crippen LogP contribution >= 0.6 is 22.6 Å². The number of halogens is 4. The van der Waals surface area contributed by atoms with E-state index in [1.807, 2.05) is 22.6 Å². The minimum absolute atomic E-state index is 0.00659. The number of carbonyl (C=O) groups excluding carboxylic acids is 1. The van der Waals surface area contributed by atoms with Crippen LogP contribution in [0.4, 0.5) is 24.5 Å². The summed E-state index contributed by atoms with van der Waals surface area (Å²) < 4.78 is 53.7. The maximum Gasteiger partial charge on any atom is 0.277 e. The van der Waals surface area contributed by atoms with Crippen LogP contribution in [0, 0.1) is 21.0 Å². The van der Waals surface area contributed by atoms with Gasteiger partial charge < -0.3 is 14.8 Å². The minimum atomic E-state index is -1.31. The number of ether oxygens (including phenoxy) is 2. The minimum Gasteiger partial charge on any atom is -0.350 e. The van der Waals surface area contributed by atoms with Crippen molar-refractivity contribution in [2.45, 2.75) is 25.7 Å². The summed E-state index contributed by atoms with van der Waals surface area (Å²) in [6.45, 7) is 3.77. The second-order valence-corrected chi connectivity index (χ2v) is 7.97. The molecule has 0 saturated carbocycles. The van der Waals surface area contributed by atoms with E-state index in [2.05, 4.69) is 10.8 Å². The number of nitrogens with one attached hydrogen (secondary N) is 2. The molecule has 1 fully saturated rings. The lowest BCUT2D eigenvalue weighted by molar-refractivity contribution is -0.147. The first-order valence-corrected chi connectivity index (χ1v) is 9.68. The Morgan fingerprint density at radius 1 is 1.24 bits per heavy atom. The Morgan fingerprint density at radius 2 is 2.00 bits per heavy atom. The fourth-order valence-corrected chi connectivity index (χ4v) is 3.14. The highest BCUT2D eigenvalue weighted by molar-refractivity contribution is 14.1. The van der Waals surface area contributed by atoms with Crippen molar-refractivity contribution in [3.05, 3.63) is 56.9 Å². The summed E-state index contributed by atoms with van der Waals surface area (Å²) in [4.78, 5) is 17.5. The summed E-state index contributed by atoms with van der Waals surface area (Å²) in [5.41, 5.74) is 1.28. The summed E-state index contributed by atoms with van der Waals surface area (Å²) in [6, 6.07) is 6.03. The summed E-state index contributed by atoms with van der Waals surface area (Å²) in [7, 11) is 0. The largest absolute Gasteiger partial charge is 0.350 e. The van der Waals surface area contributed by atoms with E-state index < -0.39 is 40.9 Å². The van der Waals surface area contributed by atoms with E-state index in [0.717, 1.165) is 12.1 Å². The van der Waals surface area contributed by atoms with E-state index >= 15 is 0 Å². The molecule has 1 aliphatic rings. The molecular formula is C19H18F3IN2O4. The van der Waals surface area contributed by atoms with Crippen molar-refractivity contribution in [3.8, 4) is 0 Å². The zero-order valence-corrected chi connectivity index (χ0v) is 17.7. The zero-order valence-electron chi connectivity index (χ0n) is 15.5. The van der Waals surface area contributed by atoms with Crippen molar-refractivity contribution < 1.29 is 32.3 Å². The summed E-state index contributed by atoms with van der Waals surface area (Å²) >= 11 is 1.91. The van der Waals surface area contributed by atoms with Gasteiger partial charge in [0.25, 0.3) is 5.91 Å². The number of hydrogen-bond acceptors (Lipinski definition) is 5. The highest BCUT2D eigenvalue weighted by atomic mass is 127. The molecule has 1 aliphatic heterocycles. The first-order chi connectivity index (χ1) is 13.7. The van der Waals surface area contributed by atoms with Gasteiger partial charge in [0.1, 0.15) is 18.5 Å². The van der Waals surface area contributed by atoms with Crippen molar-refractivity contribution >= 4 is 39.9 Å². The first kappa shape index (κ1) is 21.8. The standard InChI is InChI=1S/C19H18F3IN2O4/c1-19(2)27-8-11(29-19)9-28-25-18(26)12-4-5-13(20)16(22)17(12)24-15-6-3-10(23)7-14(15)21/h3-7,11,24H,8-9H2,1-2H3,(H,25,26)/t11-/m0/s1. The second-order valence-electron chi connectivity index (χ2n) is 6.73. The van der Waals surface area contributed by atoms with Gasteiger partial charge >= 0.3 is 0 Å². The Hall–Kier alpha value is -1.89. The van der Waals surface area contributed by atoms with Crippen molar-refractivity contribution in [1.82, 2.24) is 5.48 Å². The molecule has 0 radical (unpaired) electrons. The lowest BCUT2D eigenvalue weighted by atomic mass is 10.1. The summed E-state index contributed by atoms with van der Waals surface area (Å²) in [5, 5.41) is 2.45. The Balaban J connectivity index is 1.73. The summed E-state index contributed by atoms with van der Waals surface area (Å²) in [5.74, 6) is -4.76. The lowest BCUT2D eigenvalue weighted by Gasteiger charge is -2.17. The van der Waals surface area contributed by atoms with Crippen molar-refractivity contribution in [2.24, 2.45) is 0 Å². The van der Waals surface area contributed by atoms with Gasteiger partial charge in [-0.05, 0) is 66.8 Å². The van der Waals surface area contributed by atoms with Crippen LogP contribution in [0.25, 0.3) is 0 Å². The van der Waals surface area contributed by atoms with E-state index in [9.17, 15) is 18.0 Å². The molecular weight excluding hydrogens is 504 g/mol. The van der Waals surface area contributed by atoms with E-state index in [1.165, 1.54) is 12.1 Å². The average Bonchev–Trinajstić information content (AvgIpc) is 2.99. The number of anilines is 2. The third-order valence-electron chi connectivity index (χ3n) is 4.03. The fourth-order valence-electron chi connectivity index (χ4n) is 2.69. The van der Waals surface area contributed by atoms with E-state index in [0.29, 0.717) is 3.57 Å². The van der Waals surface area contributed by atoms with Gasteiger partial charge in [-0.1, -0.05) is 0 Å². The van der Waals surface area contributed by atoms with Crippen LogP contribution in [0.5, 0.6) is 0 Å². The summed E-state index contributed by atoms with van der Waals surface area (Å²) in [6.07, 6.45) is -0.395. The highest BCUT2D eigenvalue weighted by Gasteiger charge is 2.33. The molecule has 0 unspecified atom stereocenters. The number of benzene rings is 2. The van der Waals surface area contributed by atoms with Gasteiger partial charge in [-0.15, -0.1) is 0 Å². The Labute approximate surface area is 178 Å². The van der Waals surface area contributed by atoms with Gasteiger partial charge in [-0.3, -0.25) is 9.63 Å². The van der Waals surface area contributed by atoms with Gasteiger partial charge in [0.05, 0.1) is 23.5 Å². The van der Waals surface area contributed by atoms with E-state index in [-0.39, 0.29) is 24.5 Å². The van der Waals surface area contributed by atoms with Crippen LogP contribution in [0.3, 0.4) is 0 Å². The quantitative estimate of drug-likeness (QED) is 0.439. The van der Waals surface area contributed by atoms with Crippen molar-refractivity contribution in [3.63, 3.8) is 0 Å². The van der Waals surface area contributed by atoms with Crippen LogP contribution in [0.2, 0.25) is 0 Å². The van der Waals surface area contributed by atoms with Crippen molar-refractivity contribution in [1.29, 1.82) is 0 Å². The number of hydrogen-bond donors (Lipinski definition) is 2. The maximum absolute atomic E-state index is 14.4. The average molecular weight is 522 g/mol. The Kier molecular flexibility index (Phi) is 6.66. The van der Waals surface area contributed by atoms with Gasteiger partial charge in [-0.2, -0.15) is 0 Å². The SMILES string of the molecule is CC1(C)OC[C@@H](CONC(=O)c2ccc(F)c(F)c2Nc2ccc(I)cc2F)O1. The fraction of sp³-hybridized carbons (Fsp3) is 0.316. The van der Waals surface area contributed by atoms with Crippen LogP contribution < -0.4 is 10.8 Å². The van der Waals surface area contributed by atoms with Crippen LogP contribution in [0.15, 0.2) is 30.3 Å². The van der Waals surface area contributed by atoms with Gasteiger partial charge in [0.2, 0.25) is 0 Å². The predicted molar refractivity (Wildman–Crippen MR) is 107 cm³/mol. The smallest absolute Gasteiger partial charge is 0.277 e. The molecule has 1 heterocycles. The molecule has 2 N–H and O–H groups in total. The molecule has 10 heteroatoms. The lowest BCUT2D eigenvalue weighted by Crippen LogP contribution is -2.31. The van der Waals surface area contributed by atoms with E-state index in [1.54, 1.807) is 19.9 Å². The number of amides is 1. The number of hydroxylamine groups is 1. The molecule has 29 heavy (non-hydrogen) atoms. The normalized spacial score (nSPS) is 17.9. The molecule has 2 aromatic rings. The number of carbonyl (C=O) groups is 1. The highest BCUT2D eigenvalue weighted by Crippen LogP contribution is 2.28. The Morgan fingerprint density at radius 3 is 2.66 bits per heavy atom. The van der Waals surface area contributed by atoms with Gasteiger partial charge in [0, 0.05) is 3.57 Å². The third-order valence-corrected chi connectivity index (χ3v) is 4.70. The molecule has 1 saturated heterocycles. The molecule has 6 nitrogen and oxygen atoms in total. The van der Waals surface area contributed by atoms with Crippen LogP contribution in [-0.2, 0) is 14.3 Å². The third kappa shape index (κ3) is 5.38. The Bertz CT molecular complexity index is 927.